The van der Waals surface area contributed by atoms with Gasteiger partial charge in [0, 0.05) is 0 Å². The number of rotatable bonds is 1. The Morgan fingerprint density at radius 1 is 1.54 bits per heavy atom. The van der Waals surface area contributed by atoms with Crippen LogP contribution in [-0.2, 0) is 4.74 Å². The highest BCUT2D eigenvalue weighted by Crippen LogP contribution is 2.23. The molecule has 1 fully saturated rings. The number of hydrogen-bond acceptors (Lipinski definition) is 3. The molecule has 1 saturated heterocycles. The zero-order valence-corrected chi connectivity index (χ0v) is 7.77. The maximum Gasteiger partial charge on any atom is 0.251 e. The van der Waals surface area contributed by atoms with Crippen LogP contribution in [0.2, 0.25) is 0 Å². The van der Waals surface area contributed by atoms with Crippen molar-refractivity contribution in [3.8, 4) is 0 Å². The smallest absolute Gasteiger partial charge is 0.251 e. The number of aliphatic hydroxyl groups is 2. The van der Waals surface area contributed by atoms with Gasteiger partial charge in [0.25, 0.3) is 5.16 Å². The maximum atomic E-state index is 9.39. The molecule has 0 bridgehead atoms. The molecule has 0 spiro atoms. The quantitative estimate of drug-likeness (QED) is 0.482. The lowest BCUT2D eigenvalue weighted by Crippen LogP contribution is -2.30. The van der Waals surface area contributed by atoms with Gasteiger partial charge in [0.05, 0.1) is 18.8 Å². The molecule has 5 heteroatoms. The molecule has 1 unspecified atom stereocenters. The van der Waals surface area contributed by atoms with Crippen LogP contribution in [0.4, 0.5) is 0 Å². The predicted octanol–water partition coefficient (Wildman–Crippen LogP) is 0.495. The summed E-state index contributed by atoms with van der Waals surface area (Å²) in [5.74, 6) is 0. The first kappa shape index (κ1) is 10.5. The Labute approximate surface area is 81.2 Å². The van der Waals surface area contributed by atoms with E-state index in [-0.39, 0.29) is 5.16 Å². The van der Waals surface area contributed by atoms with Crippen LogP contribution in [0.3, 0.4) is 0 Å². The van der Waals surface area contributed by atoms with Crippen LogP contribution in [0, 0.1) is 6.57 Å². The Morgan fingerprint density at radius 3 is 2.54 bits per heavy atom. The third kappa shape index (κ3) is 2.20. The standard InChI is InChI=1S/C8H10ClNO3/c1-4-7(11)8(12)5(13-4)3-6(9)10-2/h3-5,7-8,11-12H,1H3/b6-3-/t4-,5+,7?,8-/m0/s1. The molecule has 4 nitrogen and oxygen atoms in total. The number of halogens is 1. The van der Waals surface area contributed by atoms with Crippen LogP contribution in [0.1, 0.15) is 6.92 Å². The van der Waals surface area contributed by atoms with Gasteiger partial charge < -0.3 is 14.9 Å². The van der Waals surface area contributed by atoms with Crippen molar-refractivity contribution in [1.29, 1.82) is 0 Å². The van der Waals surface area contributed by atoms with Gasteiger partial charge in [0.1, 0.15) is 12.2 Å². The largest absolute Gasteiger partial charge is 0.388 e. The van der Waals surface area contributed by atoms with E-state index in [1.807, 2.05) is 0 Å². The van der Waals surface area contributed by atoms with E-state index in [9.17, 15) is 10.2 Å². The molecule has 0 aromatic heterocycles. The molecule has 72 valence electrons. The van der Waals surface area contributed by atoms with Gasteiger partial charge in [-0.05, 0) is 13.0 Å². The number of aliphatic hydroxyl groups excluding tert-OH is 2. The Hall–Kier alpha value is -0.600. The number of nitrogens with zero attached hydrogens (tertiary/aromatic N) is 1. The minimum atomic E-state index is -1.01. The molecule has 0 amide bonds. The first-order valence-electron chi connectivity index (χ1n) is 3.82. The normalized spacial score (nSPS) is 40.4. The highest BCUT2D eigenvalue weighted by molar-refractivity contribution is 6.30. The summed E-state index contributed by atoms with van der Waals surface area (Å²) in [5.41, 5.74) is 0. The lowest BCUT2D eigenvalue weighted by atomic mass is 10.1. The van der Waals surface area contributed by atoms with Crippen LogP contribution in [0.15, 0.2) is 11.2 Å². The van der Waals surface area contributed by atoms with Gasteiger partial charge in [-0.15, -0.1) is 11.6 Å². The van der Waals surface area contributed by atoms with Crippen molar-refractivity contribution in [3.63, 3.8) is 0 Å². The molecule has 2 N–H and O–H groups in total. The monoisotopic (exact) mass is 203 g/mol. The van der Waals surface area contributed by atoms with E-state index in [4.69, 9.17) is 22.9 Å². The second-order valence-corrected chi connectivity index (χ2v) is 3.28. The summed E-state index contributed by atoms with van der Waals surface area (Å²) in [6.07, 6.45) is -1.76. The highest BCUT2D eigenvalue weighted by Gasteiger charge is 2.38. The molecular weight excluding hydrogens is 194 g/mol. The fourth-order valence-electron chi connectivity index (χ4n) is 1.19. The van der Waals surface area contributed by atoms with Crippen LogP contribution < -0.4 is 0 Å². The summed E-state index contributed by atoms with van der Waals surface area (Å²) in [5, 5.41) is 18.6. The zero-order valence-electron chi connectivity index (χ0n) is 7.01. The third-order valence-corrected chi connectivity index (χ3v) is 2.16. The van der Waals surface area contributed by atoms with Crippen LogP contribution in [0.25, 0.3) is 4.85 Å². The summed E-state index contributed by atoms with van der Waals surface area (Å²) in [6, 6.07) is 0. The topological polar surface area (TPSA) is 54.0 Å². The minimum Gasteiger partial charge on any atom is -0.388 e. The Morgan fingerprint density at radius 2 is 2.15 bits per heavy atom. The summed E-state index contributed by atoms with van der Waals surface area (Å²) < 4.78 is 5.15. The van der Waals surface area contributed by atoms with Crippen molar-refractivity contribution in [1.82, 2.24) is 0 Å². The molecule has 13 heavy (non-hydrogen) atoms. The molecule has 0 aliphatic carbocycles. The Kier molecular flexibility index (Phi) is 3.28. The second-order valence-electron chi connectivity index (χ2n) is 2.89. The summed E-state index contributed by atoms with van der Waals surface area (Å²) >= 11 is 5.44. The SMILES string of the molecule is [C-]#[N+]/C(Cl)=C\[C@H]1O[C@@H](C)C(O)[C@H]1O. The lowest BCUT2D eigenvalue weighted by Gasteiger charge is -2.09. The van der Waals surface area contributed by atoms with E-state index in [1.165, 1.54) is 6.08 Å². The van der Waals surface area contributed by atoms with Gasteiger partial charge in [0.15, 0.2) is 0 Å². The van der Waals surface area contributed by atoms with Crippen LogP contribution >= 0.6 is 11.6 Å². The zero-order chi connectivity index (χ0) is 10.0. The van der Waals surface area contributed by atoms with Gasteiger partial charge in [-0.3, -0.25) is 0 Å². The van der Waals surface area contributed by atoms with E-state index in [2.05, 4.69) is 4.85 Å². The van der Waals surface area contributed by atoms with E-state index < -0.39 is 24.4 Å². The minimum absolute atomic E-state index is 0.0645. The van der Waals surface area contributed by atoms with Crippen molar-refractivity contribution in [2.75, 3.05) is 0 Å². The van der Waals surface area contributed by atoms with Crippen molar-refractivity contribution in [2.45, 2.75) is 31.3 Å². The first-order valence-corrected chi connectivity index (χ1v) is 4.20. The average molecular weight is 204 g/mol. The molecule has 1 heterocycles. The van der Waals surface area contributed by atoms with E-state index >= 15 is 0 Å². The van der Waals surface area contributed by atoms with Crippen molar-refractivity contribution in [2.24, 2.45) is 0 Å². The summed E-state index contributed by atoms with van der Waals surface area (Å²) in [4.78, 5) is 2.94. The predicted molar refractivity (Wildman–Crippen MR) is 46.9 cm³/mol. The molecular formula is C8H10ClNO3. The maximum absolute atomic E-state index is 9.39. The molecule has 1 aliphatic rings. The number of ether oxygens (including phenoxy) is 1. The third-order valence-electron chi connectivity index (χ3n) is 1.95. The van der Waals surface area contributed by atoms with Crippen LogP contribution in [-0.4, -0.2) is 34.6 Å². The van der Waals surface area contributed by atoms with E-state index in [0.29, 0.717) is 0 Å². The van der Waals surface area contributed by atoms with Crippen molar-refractivity contribution >= 4 is 11.6 Å². The molecule has 0 aromatic carbocycles. The Bertz CT molecular complexity index is 261. The van der Waals surface area contributed by atoms with Gasteiger partial charge in [0.2, 0.25) is 0 Å². The molecule has 0 radical (unpaired) electrons. The van der Waals surface area contributed by atoms with Gasteiger partial charge >= 0.3 is 0 Å². The molecule has 4 atom stereocenters. The van der Waals surface area contributed by atoms with Crippen molar-refractivity contribution in [3.05, 3.63) is 22.6 Å². The van der Waals surface area contributed by atoms with E-state index in [1.54, 1.807) is 6.92 Å². The number of hydrogen-bond donors (Lipinski definition) is 2. The molecule has 1 rings (SSSR count). The van der Waals surface area contributed by atoms with Gasteiger partial charge in [-0.1, -0.05) is 0 Å². The average Bonchev–Trinajstić information content (AvgIpc) is 2.34. The van der Waals surface area contributed by atoms with Crippen molar-refractivity contribution < 1.29 is 14.9 Å². The first-order chi connectivity index (χ1) is 6.06. The van der Waals surface area contributed by atoms with Gasteiger partial charge in [-0.2, -0.15) is 0 Å². The molecule has 0 saturated carbocycles. The summed E-state index contributed by atoms with van der Waals surface area (Å²) in [7, 11) is 0. The highest BCUT2D eigenvalue weighted by atomic mass is 35.5. The summed E-state index contributed by atoms with van der Waals surface area (Å²) in [6.45, 7) is 8.21. The molecule has 1 aliphatic heterocycles. The molecule has 0 aromatic rings. The van der Waals surface area contributed by atoms with E-state index in [0.717, 1.165) is 0 Å². The Balaban J connectivity index is 2.70. The second kappa shape index (κ2) is 4.07. The fourth-order valence-corrected chi connectivity index (χ4v) is 1.32. The fraction of sp³-hybridized carbons (Fsp3) is 0.625. The van der Waals surface area contributed by atoms with Crippen LogP contribution in [0.5, 0.6) is 0 Å². The lowest BCUT2D eigenvalue weighted by molar-refractivity contribution is 0.0316. The van der Waals surface area contributed by atoms with Gasteiger partial charge in [-0.25, -0.2) is 4.85 Å².